The number of carbonyl (C=O) groups is 2. The number of fused-ring (bicyclic) bond motifs is 1. The summed E-state index contributed by atoms with van der Waals surface area (Å²) in [7, 11) is 0. The van der Waals surface area contributed by atoms with Crippen molar-refractivity contribution in [3.05, 3.63) is 101 Å². The lowest BCUT2D eigenvalue weighted by Gasteiger charge is -2.28. The molecule has 5 rings (SSSR count). The maximum atomic E-state index is 15.1. The lowest BCUT2D eigenvalue weighted by molar-refractivity contribution is -0.139. The first-order chi connectivity index (χ1) is 27.1. The second kappa shape index (κ2) is 21.4. The third-order valence-corrected chi connectivity index (χ3v) is 10.8. The number of hydrogen-bond acceptors (Lipinski definition) is 10. The van der Waals surface area contributed by atoms with Gasteiger partial charge in [-0.05, 0) is 124 Å². The summed E-state index contributed by atoms with van der Waals surface area (Å²) in [5, 5.41) is 16.7. The highest BCUT2D eigenvalue weighted by Gasteiger charge is 2.25. The largest absolute Gasteiger partial charge is 0.493 e. The monoisotopic (exact) mass is 787 g/mol. The Morgan fingerprint density at radius 3 is 2.45 bits per heavy atom. The van der Waals surface area contributed by atoms with E-state index in [1.807, 2.05) is 24.3 Å². The number of hydrogen-bond donors (Lipinski definition) is 1. The van der Waals surface area contributed by atoms with Gasteiger partial charge in [-0.1, -0.05) is 55.9 Å². The van der Waals surface area contributed by atoms with Crippen LogP contribution in [0.15, 0.2) is 77.9 Å². The molecule has 4 aromatic rings. The number of thiazole rings is 1. The Hall–Kier alpha value is -4.94. The Kier molecular flexibility index (Phi) is 16.1. The van der Waals surface area contributed by atoms with Crippen LogP contribution >= 0.6 is 11.3 Å². The van der Waals surface area contributed by atoms with Crippen molar-refractivity contribution in [1.82, 2.24) is 4.98 Å². The lowest BCUT2D eigenvalue weighted by atomic mass is 9.77. The number of aliphatic hydroxyl groups is 1. The zero-order valence-corrected chi connectivity index (χ0v) is 33.0. The fourth-order valence-electron chi connectivity index (χ4n) is 6.73. The number of hydrazone groups is 1. The Morgan fingerprint density at radius 2 is 1.75 bits per heavy atom. The number of carbonyl (C=O) groups excluding carboxylic acids is 2. The third kappa shape index (κ3) is 12.3. The lowest BCUT2D eigenvalue weighted by Crippen LogP contribution is -2.20. The maximum Gasteiger partial charge on any atom is 0.336 e. The van der Waals surface area contributed by atoms with Gasteiger partial charge in [0.2, 0.25) is 10.9 Å². The van der Waals surface area contributed by atoms with E-state index in [4.69, 9.17) is 14.2 Å². The number of anilines is 1. The van der Waals surface area contributed by atoms with E-state index in [2.05, 4.69) is 23.6 Å². The van der Waals surface area contributed by atoms with Crippen molar-refractivity contribution in [2.24, 2.45) is 11.0 Å². The standard InChI is InChI=1S/C44H51F2N3O6S/c1-4-11-31-14-18-33(19-15-31)34-27-36(45)42(37(46)28-34)55-41(51)21-17-32-16-20-39(53-24-9-5-6-10-25-54-43(52)30(2)3)35(26-32)29-47-49(22-23-50)44-48-38-12-7-8-13-40(38)56-44/h7-8,12-13,16-17,20-21,26-29,31,33,50H,2,4-6,9-11,14-15,18-19,22-25H2,1,3H3/b21-17+,47-29+. The smallest absolute Gasteiger partial charge is 0.336 e. The van der Waals surface area contributed by atoms with Crippen molar-refractivity contribution in [2.45, 2.75) is 84.0 Å². The fourth-order valence-corrected chi connectivity index (χ4v) is 7.68. The summed E-state index contributed by atoms with van der Waals surface area (Å²) in [6.07, 6.45) is 13.6. The normalized spacial score (nSPS) is 15.7. The Bertz CT molecular complexity index is 1950. The first kappa shape index (κ1) is 42.2. The van der Waals surface area contributed by atoms with Crippen molar-refractivity contribution in [1.29, 1.82) is 0 Å². The first-order valence-corrected chi connectivity index (χ1v) is 20.2. The van der Waals surface area contributed by atoms with Crippen molar-refractivity contribution in [2.75, 3.05) is 31.4 Å². The average Bonchev–Trinajstić information content (AvgIpc) is 3.63. The van der Waals surface area contributed by atoms with Gasteiger partial charge in [0.25, 0.3) is 0 Å². The number of halogens is 2. The summed E-state index contributed by atoms with van der Waals surface area (Å²) in [4.78, 5) is 29.1. The number of ether oxygens (including phenoxy) is 3. The molecule has 0 radical (unpaired) electrons. The van der Waals surface area contributed by atoms with E-state index in [9.17, 15) is 14.7 Å². The highest BCUT2D eigenvalue weighted by atomic mass is 32.1. The molecular weight excluding hydrogens is 737 g/mol. The predicted molar refractivity (Wildman–Crippen MR) is 218 cm³/mol. The molecule has 3 aromatic carbocycles. The molecular formula is C44H51F2N3O6S. The van der Waals surface area contributed by atoms with Gasteiger partial charge >= 0.3 is 11.9 Å². The van der Waals surface area contributed by atoms with Gasteiger partial charge in [-0.3, -0.25) is 0 Å². The van der Waals surface area contributed by atoms with Gasteiger partial charge in [-0.25, -0.2) is 28.4 Å². The van der Waals surface area contributed by atoms with Crippen LogP contribution in [0.4, 0.5) is 13.9 Å². The number of rotatable bonds is 20. The molecule has 1 saturated carbocycles. The molecule has 12 heteroatoms. The number of aliphatic hydroxyl groups excluding tert-OH is 1. The van der Waals surface area contributed by atoms with Crippen LogP contribution in [-0.2, 0) is 14.3 Å². The summed E-state index contributed by atoms with van der Waals surface area (Å²) in [6, 6.07) is 15.6. The molecule has 0 amide bonds. The van der Waals surface area contributed by atoms with Crippen LogP contribution in [0.1, 0.15) is 101 Å². The number of unbranched alkanes of at least 4 members (excludes halogenated alkanes) is 3. The van der Waals surface area contributed by atoms with Crippen LogP contribution in [0, 0.1) is 17.6 Å². The molecule has 0 saturated heterocycles. The molecule has 0 unspecified atom stereocenters. The maximum absolute atomic E-state index is 15.1. The Labute approximate surface area is 331 Å². The van der Waals surface area contributed by atoms with E-state index in [0.717, 1.165) is 74.1 Å². The average molecular weight is 788 g/mol. The number of para-hydroxylation sites is 1. The summed E-state index contributed by atoms with van der Waals surface area (Å²) in [5.74, 6) is -2.53. The van der Waals surface area contributed by atoms with Crippen LogP contribution in [-0.4, -0.2) is 54.6 Å². The minimum Gasteiger partial charge on any atom is -0.493 e. The van der Waals surface area contributed by atoms with Crippen LogP contribution < -0.4 is 14.5 Å². The van der Waals surface area contributed by atoms with Gasteiger partial charge in [0.05, 0.1) is 42.8 Å². The minimum atomic E-state index is -0.925. The highest BCUT2D eigenvalue weighted by molar-refractivity contribution is 7.22. The van der Waals surface area contributed by atoms with Gasteiger partial charge in [0.15, 0.2) is 11.6 Å². The van der Waals surface area contributed by atoms with E-state index < -0.39 is 23.4 Å². The number of benzene rings is 3. The molecule has 298 valence electrons. The molecule has 0 atom stereocenters. The van der Waals surface area contributed by atoms with E-state index in [0.29, 0.717) is 52.3 Å². The summed E-state index contributed by atoms with van der Waals surface area (Å²) < 4.78 is 47.7. The van der Waals surface area contributed by atoms with E-state index in [1.54, 1.807) is 36.3 Å². The molecule has 0 bridgehead atoms. The molecule has 1 aromatic heterocycles. The number of esters is 2. The molecule has 1 heterocycles. The zero-order valence-electron chi connectivity index (χ0n) is 32.2. The van der Waals surface area contributed by atoms with E-state index in [1.165, 1.54) is 36.0 Å². The molecule has 1 aliphatic carbocycles. The first-order valence-electron chi connectivity index (χ1n) is 19.4. The topological polar surface area (TPSA) is 111 Å². The van der Waals surface area contributed by atoms with Gasteiger partial charge in [-0.2, -0.15) is 5.10 Å². The summed E-state index contributed by atoms with van der Waals surface area (Å²) in [6.45, 7) is 8.18. The van der Waals surface area contributed by atoms with Gasteiger partial charge < -0.3 is 19.3 Å². The quantitative estimate of drug-likeness (QED) is 0.0235. The Balaban J connectivity index is 1.26. The van der Waals surface area contributed by atoms with Crippen molar-refractivity contribution < 1.29 is 37.7 Å². The van der Waals surface area contributed by atoms with Crippen molar-refractivity contribution in [3.63, 3.8) is 0 Å². The molecule has 0 spiro atoms. The predicted octanol–water partition coefficient (Wildman–Crippen LogP) is 10.2. The van der Waals surface area contributed by atoms with Crippen LogP contribution in [0.25, 0.3) is 16.3 Å². The highest BCUT2D eigenvalue weighted by Crippen LogP contribution is 2.39. The van der Waals surface area contributed by atoms with Crippen molar-refractivity contribution in [3.8, 4) is 11.5 Å². The van der Waals surface area contributed by atoms with Gasteiger partial charge in [-0.15, -0.1) is 0 Å². The number of aromatic nitrogens is 1. The number of nitrogens with zero attached hydrogens (tertiary/aromatic N) is 3. The van der Waals surface area contributed by atoms with E-state index >= 15 is 8.78 Å². The van der Waals surface area contributed by atoms with Crippen molar-refractivity contribution >= 4 is 50.9 Å². The summed E-state index contributed by atoms with van der Waals surface area (Å²) >= 11 is 1.45. The molecule has 9 nitrogen and oxygen atoms in total. The molecule has 56 heavy (non-hydrogen) atoms. The minimum absolute atomic E-state index is 0.0865. The molecule has 1 N–H and O–H groups in total. The van der Waals surface area contributed by atoms with Gasteiger partial charge in [0, 0.05) is 17.2 Å². The third-order valence-electron chi connectivity index (χ3n) is 9.71. The van der Waals surface area contributed by atoms with Crippen LogP contribution in [0.3, 0.4) is 0 Å². The molecule has 1 aliphatic rings. The van der Waals surface area contributed by atoms with Crippen LogP contribution in [0.2, 0.25) is 0 Å². The zero-order chi connectivity index (χ0) is 39.9. The molecule has 0 aliphatic heterocycles. The fraction of sp³-hybridized carbons (Fsp3) is 0.409. The molecule has 1 fully saturated rings. The second-order valence-corrected chi connectivity index (χ2v) is 15.1. The summed E-state index contributed by atoms with van der Waals surface area (Å²) in [5.41, 5.74) is 2.98. The van der Waals surface area contributed by atoms with Gasteiger partial charge in [0.1, 0.15) is 5.75 Å². The second-order valence-electron chi connectivity index (χ2n) is 14.1. The Morgan fingerprint density at radius 1 is 1.02 bits per heavy atom. The SMILES string of the molecule is C=C(C)C(=O)OCCCCCCOc1ccc(/C=C/C(=O)Oc2c(F)cc(C3CCC(CCC)CC3)cc2F)cc1/C=N/N(CCO)c1nc2ccccc2s1. The van der Waals surface area contributed by atoms with E-state index in [-0.39, 0.29) is 25.0 Å². The van der Waals surface area contributed by atoms with Crippen LogP contribution in [0.5, 0.6) is 11.5 Å².